The number of rotatable bonds is 13. The number of aryl methyl sites for hydroxylation is 1. The number of nitro benzene ring substituents is 2. The van der Waals surface area contributed by atoms with E-state index in [1.165, 1.54) is 28.8 Å². The average Bonchev–Trinajstić information content (AvgIpc) is 3.56. The minimum atomic E-state index is -4.27. The first-order valence-electron chi connectivity index (χ1n) is 15.9. The van der Waals surface area contributed by atoms with Gasteiger partial charge < -0.3 is 4.55 Å². The summed E-state index contributed by atoms with van der Waals surface area (Å²) in [5.74, 6) is -0.0417. The fraction of sp³-hybridized carbons (Fsp3) is 0.250. The van der Waals surface area contributed by atoms with Crippen LogP contribution >= 0.6 is 0 Å². The monoisotopic (exact) mass is 813 g/mol. The molecule has 2 heterocycles. The summed E-state index contributed by atoms with van der Waals surface area (Å²) in [6.45, 7) is 5.34. The van der Waals surface area contributed by atoms with Crippen LogP contribution in [-0.4, -0.2) is 63.3 Å². The summed E-state index contributed by atoms with van der Waals surface area (Å²) in [6.07, 6.45) is 2.89. The van der Waals surface area contributed by atoms with Gasteiger partial charge in [0.05, 0.1) is 14.7 Å². The van der Waals surface area contributed by atoms with Crippen molar-refractivity contribution in [2.75, 3.05) is 14.2 Å². The molecule has 53 heavy (non-hydrogen) atoms. The topological polar surface area (TPSA) is 209 Å². The number of Topliss-reactive ketones (excluding diaryl/α,β-unsaturated/α-hetero) is 1. The number of esters is 1. The zero-order valence-corrected chi connectivity index (χ0v) is 31.7. The molecule has 15 nitrogen and oxygen atoms in total. The molecule has 2 unspecified atom stereocenters. The van der Waals surface area contributed by atoms with Crippen LogP contribution in [0, 0.1) is 33.1 Å². The Morgan fingerprint density at radius 1 is 0.887 bits per heavy atom. The van der Waals surface area contributed by atoms with Gasteiger partial charge in [0.1, 0.15) is 16.2 Å². The van der Waals surface area contributed by atoms with Crippen molar-refractivity contribution in [3.8, 4) is 17.2 Å². The molecule has 0 aliphatic rings. The van der Waals surface area contributed by atoms with Crippen molar-refractivity contribution in [2.45, 2.75) is 44.6 Å². The number of benzene rings is 3. The quantitative estimate of drug-likeness (QED) is 0.0262. The van der Waals surface area contributed by atoms with Crippen LogP contribution in [0.5, 0.6) is 11.5 Å². The largest absolute Gasteiger partial charge is 0.744 e. The number of hydrogen-bond donors (Lipinski definition) is 0. The van der Waals surface area contributed by atoms with Gasteiger partial charge in [0, 0.05) is 12.1 Å². The summed E-state index contributed by atoms with van der Waals surface area (Å²) in [4.78, 5) is 47.1. The summed E-state index contributed by atoms with van der Waals surface area (Å²) < 4.78 is 50.7. The van der Waals surface area contributed by atoms with E-state index in [9.17, 15) is 42.8 Å². The molecular weight excluding hydrogens is 777 g/mol. The number of methoxy groups -OCH3 is 2. The van der Waals surface area contributed by atoms with Gasteiger partial charge in [-0.2, -0.15) is 0 Å². The minimum absolute atomic E-state index is 0.0243. The molecule has 0 fully saturated rings. The predicted molar refractivity (Wildman–Crippen MR) is 192 cm³/mol. The number of aromatic nitrogens is 1. The number of nitro groups is 2. The van der Waals surface area contributed by atoms with E-state index in [0.717, 1.165) is 21.3 Å². The van der Waals surface area contributed by atoms with Gasteiger partial charge in [0.15, 0.2) is 0 Å². The molecule has 0 N–H and O–H groups in total. The van der Waals surface area contributed by atoms with E-state index in [2.05, 4.69) is 0 Å². The maximum atomic E-state index is 13.1. The van der Waals surface area contributed by atoms with Crippen molar-refractivity contribution in [2.24, 2.45) is 5.92 Å². The molecule has 0 spiro atoms. The second kappa shape index (κ2) is 17.4. The van der Waals surface area contributed by atoms with Crippen molar-refractivity contribution in [3.63, 3.8) is 0 Å². The van der Waals surface area contributed by atoms with E-state index >= 15 is 0 Å². The van der Waals surface area contributed by atoms with Crippen LogP contribution in [-0.2, 0) is 19.6 Å². The molecule has 0 aliphatic heterocycles. The Morgan fingerprint density at radius 2 is 1.51 bits per heavy atom. The zero-order valence-electron chi connectivity index (χ0n) is 29.2. The third-order valence-electron chi connectivity index (χ3n) is 8.13. The summed E-state index contributed by atoms with van der Waals surface area (Å²) in [5.41, 5.74) is 0.899. The van der Waals surface area contributed by atoms with Crippen LogP contribution < -0.4 is 14.0 Å². The summed E-state index contributed by atoms with van der Waals surface area (Å²) in [6, 6.07) is 18.0. The number of ketones is 1. The van der Waals surface area contributed by atoms with Gasteiger partial charge in [0.25, 0.3) is 5.69 Å². The molecule has 0 amide bonds. The normalized spacial score (nSPS) is 12.2. The number of hydrogen-bond acceptors (Lipinski definition) is 12. The Labute approximate surface area is 310 Å². The van der Waals surface area contributed by atoms with E-state index < -0.39 is 43.6 Å². The fourth-order valence-corrected chi connectivity index (χ4v) is 7.74. The summed E-state index contributed by atoms with van der Waals surface area (Å²) in [7, 11) is -1.16. The number of non-ortho nitro benzene ring substituents is 1. The SMILES string of the molecule is CCC(CC(=O)c1cc2cc(OC)c(OC)cc2[se]1)C(=O)OC(C)c1cc[n+](-c2ccc([N+](=O)[O-])cc2[N+](=O)[O-])cc1.Cc1ccc(S(=O)(=O)[O-])cc1. The van der Waals surface area contributed by atoms with Gasteiger partial charge in [-0.3, -0.25) is 20.2 Å². The molecule has 0 saturated heterocycles. The van der Waals surface area contributed by atoms with Gasteiger partial charge >= 0.3 is 193 Å². The minimum Gasteiger partial charge on any atom is -0.744 e. The van der Waals surface area contributed by atoms with Crippen molar-refractivity contribution in [1.29, 1.82) is 0 Å². The van der Waals surface area contributed by atoms with Crippen LogP contribution in [0.25, 0.3) is 15.3 Å². The van der Waals surface area contributed by atoms with Crippen molar-refractivity contribution < 1.29 is 51.2 Å². The first-order valence-corrected chi connectivity index (χ1v) is 19.0. The van der Waals surface area contributed by atoms with Crippen molar-refractivity contribution >= 4 is 57.4 Å². The van der Waals surface area contributed by atoms with Crippen molar-refractivity contribution in [1.82, 2.24) is 0 Å². The molecular formula is C36H35N3O12SSe. The standard InChI is InChI=1S/C29H28N3O9Se.C7H8O3S/c1-5-18(12-24(33)28-14-20-13-25(39-3)26(40-4)16-27(20)42-28)29(34)41-17(2)19-8-10-30(11-9-19)22-7-6-21(31(35)36)15-23(22)32(37)38;1-6-2-4-7(5-3-6)11(8,9)10/h6-11,13-18H,5,12H2,1-4H3;2-5H,1H3,(H,8,9,10)/q+1;/p-1. The zero-order chi connectivity index (χ0) is 39.0. The molecule has 0 radical (unpaired) electrons. The molecule has 0 aliphatic carbocycles. The van der Waals surface area contributed by atoms with Gasteiger partial charge in [-0.05, 0) is 19.1 Å². The van der Waals surface area contributed by atoms with Crippen LogP contribution in [0.3, 0.4) is 0 Å². The Kier molecular flexibility index (Phi) is 13.2. The van der Waals surface area contributed by atoms with Gasteiger partial charge in [0.2, 0.25) is 0 Å². The van der Waals surface area contributed by atoms with E-state index in [-0.39, 0.29) is 43.0 Å². The van der Waals surface area contributed by atoms with Crippen LogP contribution in [0.1, 0.15) is 53.2 Å². The Hall–Kier alpha value is -5.48. The van der Waals surface area contributed by atoms with Gasteiger partial charge in [-0.15, -0.1) is 0 Å². The molecule has 3 aromatic carbocycles. The fourth-order valence-electron chi connectivity index (χ4n) is 5.13. The Morgan fingerprint density at radius 3 is 2.06 bits per heavy atom. The molecule has 278 valence electrons. The predicted octanol–water partition coefficient (Wildman–Crippen LogP) is 5.81. The molecule has 5 rings (SSSR count). The molecule has 0 bridgehead atoms. The van der Waals surface area contributed by atoms with E-state index in [4.69, 9.17) is 14.2 Å². The number of ether oxygens (including phenoxy) is 3. The number of carbonyl (C=O) groups is 2. The molecule has 5 aromatic rings. The van der Waals surface area contributed by atoms with E-state index in [0.29, 0.717) is 27.9 Å². The number of nitrogens with zero attached hydrogens (tertiary/aromatic N) is 3. The Bertz CT molecular complexity index is 2220. The molecule has 17 heteroatoms. The molecule has 2 aromatic heterocycles. The summed E-state index contributed by atoms with van der Waals surface area (Å²) >= 11 is -0.223. The number of pyridine rings is 1. The van der Waals surface area contributed by atoms with Gasteiger partial charge in [-0.1, -0.05) is 17.7 Å². The second-order valence-electron chi connectivity index (χ2n) is 11.7. The second-order valence-corrected chi connectivity index (χ2v) is 15.3. The van der Waals surface area contributed by atoms with Crippen LogP contribution in [0.2, 0.25) is 0 Å². The third kappa shape index (κ3) is 10.1. The summed E-state index contributed by atoms with van der Waals surface area (Å²) in [5, 5.41) is 23.4. The molecule has 2 atom stereocenters. The first-order chi connectivity index (χ1) is 25.1. The Balaban J connectivity index is 0.000000488. The average molecular weight is 813 g/mol. The number of carbonyl (C=O) groups excluding carboxylic acids is 2. The van der Waals surface area contributed by atoms with Crippen LogP contribution in [0.15, 0.2) is 90.1 Å². The van der Waals surface area contributed by atoms with E-state index in [1.54, 1.807) is 57.8 Å². The first kappa shape index (κ1) is 40.3. The number of fused-ring (bicyclic) bond motifs is 1. The maximum absolute atomic E-state index is 13.1. The van der Waals surface area contributed by atoms with Crippen molar-refractivity contribution in [3.05, 3.63) is 121 Å². The van der Waals surface area contributed by atoms with E-state index in [1.807, 2.05) is 32.0 Å². The van der Waals surface area contributed by atoms with Crippen LogP contribution in [0.4, 0.5) is 11.4 Å². The van der Waals surface area contributed by atoms with Gasteiger partial charge in [-0.25, -0.2) is 8.42 Å². The third-order valence-corrected chi connectivity index (χ3v) is 11.4. The maximum Gasteiger partial charge on any atom is 0.124 e. The molecule has 0 saturated carbocycles. The smallest absolute Gasteiger partial charge is 0.124 e.